The van der Waals surface area contributed by atoms with Crippen LogP contribution in [0.4, 0.5) is 0 Å². The number of benzene rings is 1. The Morgan fingerprint density at radius 1 is 1.27 bits per heavy atom. The van der Waals surface area contributed by atoms with Crippen LogP contribution in [0.3, 0.4) is 0 Å². The van der Waals surface area contributed by atoms with Crippen LogP contribution in [0.5, 0.6) is 11.5 Å². The Hall–Kier alpha value is -3.25. The Kier molecular flexibility index (Phi) is 9.08. The molecule has 196 valence electrons. The van der Waals surface area contributed by atoms with E-state index in [9.17, 15) is 14.4 Å². The van der Waals surface area contributed by atoms with Crippen LogP contribution in [0.2, 0.25) is 5.02 Å². The Morgan fingerprint density at radius 3 is 2.62 bits per heavy atom. The highest BCUT2D eigenvalue weighted by Crippen LogP contribution is 2.45. The van der Waals surface area contributed by atoms with E-state index in [0.29, 0.717) is 53.3 Å². The maximum atomic E-state index is 12.8. The molecular formula is C30H34ClNO5. The van der Waals surface area contributed by atoms with E-state index in [2.05, 4.69) is 24.9 Å². The van der Waals surface area contributed by atoms with Crippen LogP contribution >= 0.6 is 11.6 Å². The number of hydrogen-bond acceptors (Lipinski definition) is 6. The van der Waals surface area contributed by atoms with Crippen molar-refractivity contribution in [3.05, 3.63) is 75.6 Å². The molecule has 1 saturated carbocycles. The molecule has 1 fully saturated rings. The molecule has 2 aromatic rings. The van der Waals surface area contributed by atoms with Crippen molar-refractivity contribution in [1.82, 2.24) is 4.98 Å². The standard InChI is InChI=1S/C30H34ClNO5/c1-18(14-15-30(5)19(2)11-13-25(34)21(30)4)10-12-22-27(36-6)23(17-33)20(3)26(31)28(22)37-29(35)24-9-7-8-16-32-24/h7-10,14-17,19,21H,11-13H2,1-6H3/b15-14+,18-10+/t19-,21+,30+/m1/s1. The number of carbonyl (C=O) groups is 3. The summed E-state index contributed by atoms with van der Waals surface area (Å²) in [4.78, 5) is 41.1. The number of aldehydes is 1. The molecule has 37 heavy (non-hydrogen) atoms. The second-order valence-electron chi connectivity index (χ2n) is 9.90. The lowest BCUT2D eigenvalue weighted by molar-refractivity contribution is -0.129. The minimum Gasteiger partial charge on any atom is -0.496 e. The fraction of sp³-hybridized carbons (Fsp3) is 0.400. The van der Waals surface area contributed by atoms with Crippen molar-refractivity contribution in [2.24, 2.45) is 17.3 Å². The molecule has 0 aliphatic heterocycles. The minimum atomic E-state index is -0.664. The van der Waals surface area contributed by atoms with E-state index in [1.165, 1.54) is 13.3 Å². The van der Waals surface area contributed by atoms with Gasteiger partial charge in [0.25, 0.3) is 0 Å². The number of esters is 1. The molecule has 3 atom stereocenters. The molecule has 1 aliphatic carbocycles. The maximum absolute atomic E-state index is 12.8. The summed E-state index contributed by atoms with van der Waals surface area (Å²) in [6, 6.07) is 4.94. The Morgan fingerprint density at radius 2 is 2.00 bits per heavy atom. The quantitative estimate of drug-likeness (QED) is 0.164. The van der Waals surface area contributed by atoms with Gasteiger partial charge in [-0.1, -0.05) is 62.2 Å². The van der Waals surface area contributed by atoms with Crippen LogP contribution in [0.25, 0.3) is 0 Å². The zero-order valence-corrected chi connectivity index (χ0v) is 23.0. The van der Waals surface area contributed by atoms with E-state index in [0.717, 1.165) is 12.0 Å². The van der Waals surface area contributed by atoms with Crippen LogP contribution in [-0.2, 0) is 11.2 Å². The Bertz CT molecular complexity index is 1250. The molecule has 0 amide bonds. The van der Waals surface area contributed by atoms with Crippen LogP contribution < -0.4 is 9.47 Å². The summed E-state index contributed by atoms with van der Waals surface area (Å²) in [5.74, 6) is 0.407. The molecule has 1 aromatic heterocycles. The first kappa shape index (κ1) is 28.3. The van der Waals surface area contributed by atoms with E-state index < -0.39 is 5.97 Å². The third-order valence-electron chi connectivity index (χ3n) is 7.75. The maximum Gasteiger partial charge on any atom is 0.362 e. The lowest BCUT2D eigenvalue weighted by atomic mass is 9.61. The number of rotatable bonds is 8. The van der Waals surface area contributed by atoms with Gasteiger partial charge in [-0.3, -0.25) is 9.59 Å². The molecule has 6 nitrogen and oxygen atoms in total. The molecule has 1 aliphatic rings. The van der Waals surface area contributed by atoms with Gasteiger partial charge in [0.05, 0.1) is 17.7 Å². The zero-order valence-electron chi connectivity index (χ0n) is 22.3. The lowest BCUT2D eigenvalue weighted by Crippen LogP contribution is -2.40. The lowest BCUT2D eigenvalue weighted by Gasteiger charge is -2.42. The second-order valence-corrected chi connectivity index (χ2v) is 10.3. The van der Waals surface area contributed by atoms with Gasteiger partial charge >= 0.3 is 5.97 Å². The van der Waals surface area contributed by atoms with Gasteiger partial charge in [-0.15, -0.1) is 0 Å². The monoisotopic (exact) mass is 523 g/mol. The van der Waals surface area contributed by atoms with Gasteiger partial charge in [0.1, 0.15) is 17.2 Å². The number of allylic oxidation sites excluding steroid dienone is 4. The molecule has 0 saturated heterocycles. The summed E-state index contributed by atoms with van der Waals surface area (Å²) in [6.45, 7) is 9.97. The fourth-order valence-corrected chi connectivity index (χ4v) is 5.02. The van der Waals surface area contributed by atoms with Crippen LogP contribution in [0.15, 0.2) is 48.2 Å². The number of carbonyl (C=O) groups excluding carboxylic acids is 3. The normalized spacial score (nSPS) is 22.2. The third kappa shape index (κ3) is 5.85. The summed E-state index contributed by atoms with van der Waals surface area (Å²) < 4.78 is 11.3. The molecule has 7 heteroatoms. The van der Waals surface area contributed by atoms with Gasteiger partial charge in [0.15, 0.2) is 12.0 Å². The van der Waals surface area contributed by atoms with Crippen molar-refractivity contribution >= 4 is 29.6 Å². The number of pyridine rings is 1. The SMILES string of the molecule is COc1c(C=O)c(C)c(Cl)c(OC(=O)c2ccccn2)c1C/C=C(C)/C=C/[C@@]1(C)[C@H](C)CCC(=O)[C@@H]1C. The second kappa shape index (κ2) is 11.9. The molecule has 1 aromatic carbocycles. The molecule has 0 spiro atoms. The Balaban J connectivity index is 1.99. The number of Topliss-reactive ketones (excluding diaryl/α,β-unsaturated/α-hetero) is 1. The highest BCUT2D eigenvalue weighted by molar-refractivity contribution is 6.33. The molecule has 0 N–H and O–H groups in total. The van der Waals surface area contributed by atoms with Gasteiger partial charge in [-0.25, -0.2) is 9.78 Å². The van der Waals surface area contributed by atoms with Crippen LogP contribution in [-0.4, -0.2) is 30.1 Å². The minimum absolute atomic E-state index is 0.0518. The fourth-order valence-electron chi connectivity index (χ4n) is 4.76. The molecular weight excluding hydrogens is 490 g/mol. The summed E-state index contributed by atoms with van der Waals surface area (Å²) in [6.07, 6.45) is 10.1. The zero-order chi connectivity index (χ0) is 27.3. The van der Waals surface area contributed by atoms with E-state index in [-0.39, 0.29) is 27.8 Å². The van der Waals surface area contributed by atoms with Crippen molar-refractivity contribution in [3.63, 3.8) is 0 Å². The Labute approximate surface area is 223 Å². The van der Waals surface area contributed by atoms with E-state index in [1.54, 1.807) is 25.1 Å². The average Bonchev–Trinajstić information content (AvgIpc) is 2.90. The predicted molar refractivity (Wildman–Crippen MR) is 145 cm³/mol. The number of hydrogen-bond donors (Lipinski definition) is 0. The van der Waals surface area contributed by atoms with Crippen LogP contribution in [0.1, 0.15) is 72.5 Å². The molecule has 0 radical (unpaired) electrons. The van der Waals surface area contributed by atoms with Crippen molar-refractivity contribution in [3.8, 4) is 11.5 Å². The first-order valence-electron chi connectivity index (χ1n) is 12.4. The summed E-state index contributed by atoms with van der Waals surface area (Å²) >= 11 is 6.61. The van der Waals surface area contributed by atoms with Gasteiger partial charge in [0, 0.05) is 24.1 Å². The molecule has 3 rings (SSSR count). The summed E-state index contributed by atoms with van der Waals surface area (Å²) in [5, 5.41) is 0.166. The number of nitrogens with zero attached hydrogens (tertiary/aromatic N) is 1. The van der Waals surface area contributed by atoms with E-state index in [4.69, 9.17) is 21.1 Å². The van der Waals surface area contributed by atoms with E-state index >= 15 is 0 Å². The molecule has 1 heterocycles. The van der Waals surface area contributed by atoms with Gasteiger partial charge in [0.2, 0.25) is 0 Å². The van der Waals surface area contributed by atoms with Crippen molar-refractivity contribution in [1.29, 1.82) is 0 Å². The van der Waals surface area contributed by atoms with Gasteiger partial charge in [-0.2, -0.15) is 0 Å². The largest absolute Gasteiger partial charge is 0.496 e. The predicted octanol–water partition coefficient (Wildman–Crippen LogP) is 6.77. The van der Waals surface area contributed by atoms with Crippen molar-refractivity contribution < 1.29 is 23.9 Å². The third-order valence-corrected chi connectivity index (χ3v) is 8.21. The molecule has 0 bridgehead atoms. The van der Waals surface area contributed by atoms with Crippen molar-refractivity contribution in [2.45, 2.75) is 53.9 Å². The van der Waals surface area contributed by atoms with Crippen LogP contribution in [0, 0.1) is 24.2 Å². The summed E-state index contributed by atoms with van der Waals surface area (Å²) in [5.41, 5.74) is 2.10. The topological polar surface area (TPSA) is 82.6 Å². The van der Waals surface area contributed by atoms with Crippen molar-refractivity contribution in [2.75, 3.05) is 7.11 Å². The summed E-state index contributed by atoms with van der Waals surface area (Å²) in [7, 11) is 1.46. The number of ether oxygens (including phenoxy) is 2. The van der Waals surface area contributed by atoms with Gasteiger partial charge < -0.3 is 9.47 Å². The first-order valence-corrected chi connectivity index (χ1v) is 12.8. The highest BCUT2D eigenvalue weighted by Gasteiger charge is 2.41. The number of aromatic nitrogens is 1. The van der Waals surface area contributed by atoms with E-state index in [1.807, 2.05) is 26.0 Å². The number of halogens is 1. The average molecular weight is 524 g/mol. The van der Waals surface area contributed by atoms with Gasteiger partial charge in [-0.05, 0) is 55.7 Å². The first-order chi connectivity index (χ1) is 17.5. The smallest absolute Gasteiger partial charge is 0.362 e. The number of methoxy groups -OCH3 is 1. The highest BCUT2D eigenvalue weighted by atomic mass is 35.5. The molecule has 0 unspecified atom stereocenters. The number of ketones is 1.